The summed E-state index contributed by atoms with van der Waals surface area (Å²) >= 11 is 4.47. The number of hydrogen-bond acceptors (Lipinski definition) is 3. The van der Waals surface area contributed by atoms with E-state index in [9.17, 15) is 0 Å². The van der Waals surface area contributed by atoms with Gasteiger partial charge in [0.2, 0.25) is 0 Å². The Labute approximate surface area is 93.6 Å². The average Bonchev–Trinajstić information content (AvgIpc) is 2.30. The summed E-state index contributed by atoms with van der Waals surface area (Å²) in [5, 5.41) is 0. The standard InChI is InChI=1S/C12H9NOS/c15-13-9-5-1-3-7-11(9)14-12-8-4-2-6-10(12)13/h1-8,15H. The first-order chi connectivity index (χ1) is 7.36. The molecule has 0 saturated heterocycles. The number of thiol groups is 1. The van der Waals surface area contributed by atoms with Gasteiger partial charge in [0.15, 0.2) is 11.5 Å². The van der Waals surface area contributed by atoms with Crippen LogP contribution in [0, 0.1) is 0 Å². The molecule has 0 unspecified atom stereocenters. The minimum absolute atomic E-state index is 0.839. The predicted molar refractivity (Wildman–Crippen MR) is 64.1 cm³/mol. The lowest BCUT2D eigenvalue weighted by Crippen LogP contribution is -2.09. The summed E-state index contributed by atoms with van der Waals surface area (Å²) in [5.74, 6) is 1.68. The van der Waals surface area contributed by atoms with E-state index in [0.717, 1.165) is 22.9 Å². The number of ether oxygens (including phenoxy) is 1. The minimum Gasteiger partial charge on any atom is -0.453 e. The maximum absolute atomic E-state index is 5.76. The van der Waals surface area contributed by atoms with Crippen LogP contribution in [0.1, 0.15) is 0 Å². The number of para-hydroxylation sites is 4. The van der Waals surface area contributed by atoms with Crippen LogP contribution in [0.15, 0.2) is 48.5 Å². The number of fused-ring (bicyclic) bond motifs is 2. The van der Waals surface area contributed by atoms with Crippen LogP contribution in [0.3, 0.4) is 0 Å². The molecule has 74 valence electrons. The lowest BCUT2D eigenvalue weighted by Gasteiger charge is -2.27. The van der Waals surface area contributed by atoms with Crippen molar-refractivity contribution >= 4 is 24.2 Å². The van der Waals surface area contributed by atoms with Crippen molar-refractivity contribution in [3.05, 3.63) is 48.5 Å². The quantitative estimate of drug-likeness (QED) is 0.671. The molecule has 15 heavy (non-hydrogen) atoms. The molecule has 0 saturated carbocycles. The number of rotatable bonds is 0. The summed E-state index contributed by atoms with van der Waals surface area (Å²) in [4.78, 5) is 0. The van der Waals surface area contributed by atoms with Crippen molar-refractivity contribution < 1.29 is 4.74 Å². The third-order valence-electron chi connectivity index (χ3n) is 2.41. The van der Waals surface area contributed by atoms with Crippen LogP contribution in [0.4, 0.5) is 11.4 Å². The van der Waals surface area contributed by atoms with Gasteiger partial charge in [0.05, 0.1) is 11.4 Å². The fraction of sp³-hybridized carbons (Fsp3) is 0. The molecule has 2 nitrogen and oxygen atoms in total. The zero-order valence-electron chi connectivity index (χ0n) is 7.92. The zero-order valence-corrected chi connectivity index (χ0v) is 8.82. The van der Waals surface area contributed by atoms with Crippen molar-refractivity contribution in [2.45, 2.75) is 0 Å². The van der Waals surface area contributed by atoms with Gasteiger partial charge in [-0.25, -0.2) is 0 Å². The number of nitrogens with zero attached hydrogens (tertiary/aromatic N) is 1. The van der Waals surface area contributed by atoms with Gasteiger partial charge in [0.1, 0.15) is 0 Å². The molecular formula is C12H9NOS. The second-order valence-electron chi connectivity index (χ2n) is 3.35. The molecule has 2 aromatic carbocycles. The van der Waals surface area contributed by atoms with Gasteiger partial charge in [-0.15, -0.1) is 0 Å². The molecule has 3 rings (SSSR count). The highest BCUT2D eigenvalue weighted by atomic mass is 32.1. The molecule has 0 bridgehead atoms. The highest BCUT2D eigenvalue weighted by Gasteiger charge is 2.20. The fourth-order valence-electron chi connectivity index (χ4n) is 1.69. The van der Waals surface area contributed by atoms with Crippen LogP contribution in [0.5, 0.6) is 11.5 Å². The van der Waals surface area contributed by atoms with Gasteiger partial charge in [-0.05, 0) is 24.3 Å². The van der Waals surface area contributed by atoms with E-state index in [0.29, 0.717) is 0 Å². The second-order valence-corrected chi connectivity index (χ2v) is 3.75. The monoisotopic (exact) mass is 215 g/mol. The van der Waals surface area contributed by atoms with Crippen molar-refractivity contribution in [3.63, 3.8) is 0 Å². The highest BCUT2D eigenvalue weighted by Crippen LogP contribution is 2.46. The minimum atomic E-state index is 0.839. The maximum atomic E-state index is 5.76. The molecule has 0 amide bonds. The Morgan fingerprint density at radius 1 is 0.800 bits per heavy atom. The van der Waals surface area contributed by atoms with Crippen LogP contribution in [-0.4, -0.2) is 0 Å². The largest absolute Gasteiger partial charge is 0.453 e. The number of hydrogen-bond donors (Lipinski definition) is 1. The van der Waals surface area contributed by atoms with Crippen LogP contribution < -0.4 is 9.04 Å². The maximum Gasteiger partial charge on any atom is 0.152 e. The molecule has 0 spiro atoms. The molecular weight excluding hydrogens is 206 g/mol. The molecule has 1 heterocycles. The van der Waals surface area contributed by atoms with E-state index in [4.69, 9.17) is 4.74 Å². The topological polar surface area (TPSA) is 12.5 Å². The Kier molecular flexibility index (Phi) is 1.86. The molecule has 0 N–H and O–H groups in total. The van der Waals surface area contributed by atoms with Crippen LogP contribution in [-0.2, 0) is 0 Å². The van der Waals surface area contributed by atoms with Gasteiger partial charge >= 0.3 is 0 Å². The van der Waals surface area contributed by atoms with E-state index < -0.39 is 0 Å². The smallest absolute Gasteiger partial charge is 0.152 e. The molecule has 3 heteroatoms. The lowest BCUT2D eigenvalue weighted by molar-refractivity contribution is 0.479. The van der Waals surface area contributed by atoms with Gasteiger partial charge in [0, 0.05) is 0 Å². The van der Waals surface area contributed by atoms with Crippen LogP contribution >= 0.6 is 12.8 Å². The summed E-state index contributed by atoms with van der Waals surface area (Å²) in [7, 11) is 0. The molecule has 0 aliphatic carbocycles. The Morgan fingerprint density at radius 2 is 1.27 bits per heavy atom. The van der Waals surface area contributed by atoms with Crippen molar-refractivity contribution in [1.82, 2.24) is 0 Å². The molecule has 0 fully saturated rings. The van der Waals surface area contributed by atoms with Crippen molar-refractivity contribution in [3.8, 4) is 11.5 Å². The summed E-state index contributed by atoms with van der Waals surface area (Å²) in [5.41, 5.74) is 1.94. The Hall–Kier alpha value is -1.61. The van der Waals surface area contributed by atoms with Gasteiger partial charge in [0.25, 0.3) is 0 Å². The predicted octanol–water partition coefficient (Wildman–Crippen LogP) is 3.78. The Bertz CT molecular complexity index is 467. The summed E-state index contributed by atoms with van der Waals surface area (Å²) in [6, 6.07) is 15.7. The average molecular weight is 215 g/mol. The molecule has 0 radical (unpaired) electrons. The van der Waals surface area contributed by atoms with E-state index >= 15 is 0 Å². The molecule has 2 aromatic rings. The number of anilines is 2. The molecule has 1 aliphatic rings. The van der Waals surface area contributed by atoms with Gasteiger partial charge < -0.3 is 4.74 Å². The zero-order chi connectivity index (χ0) is 10.3. The first-order valence-electron chi connectivity index (χ1n) is 4.71. The van der Waals surface area contributed by atoms with E-state index in [1.165, 1.54) is 0 Å². The Morgan fingerprint density at radius 3 is 1.80 bits per heavy atom. The first-order valence-corrected chi connectivity index (χ1v) is 5.11. The Balaban J connectivity index is 2.20. The molecule has 0 atom stereocenters. The van der Waals surface area contributed by atoms with Crippen molar-refractivity contribution in [2.75, 3.05) is 4.31 Å². The number of benzene rings is 2. The van der Waals surface area contributed by atoms with E-state index in [-0.39, 0.29) is 0 Å². The van der Waals surface area contributed by atoms with Crippen molar-refractivity contribution in [1.29, 1.82) is 0 Å². The summed E-state index contributed by atoms with van der Waals surface area (Å²) in [6.45, 7) is 0. The van der Waals surface area contributed by atoms with Gasteiger partial charge in [-0.2, -0.15) is 0 Å². The SMILES string of the molecule is SN1c2ccccc2Oc2ccccc21. The lowest BCUT2D eigenvalue weighted by atomic mass is 10.2. The molecule has 0 aromatic heterocycles. The third-order valence-corrected chi connectivity index (χ3v) is 2.84. The van der Waals surface area contributed by atoms with Crippen molar-refractivity contribution in [2.24, 2.45) is 0 Å². The van der Waals surface area contributed by atoms with Crippen LogP contribution in [0.25, 0.3) is 0 Å². The van der Waals surface area contributed by atoms with E-state index in [1.807, 2.05) is 52.8 Å². The normalized spacial score (nSPS) is 12.7. The van der Waals surface area contributed by atoms with Gasteiger partial charge in [-0.3, -0.25) is 4.31 Å². The third kappa shape index (κ3) is 1.27. The summed E-state index contributed by atoms with van der Waals surface area (Å²) < 4.78 is 7.60. The van der Waals surface area contributed by atoms with Gasteiger partial charge in [-0.1, -0.05) is 37.1 Å². The first kappa shape index (κ1) is 8.68. The summed E-state index contributed by atoms with van der Waals surface area (Å²) in [6.07, 6.45) is 0. The van der Waals surface area contributed by atoms with E-state index in [1.54, 1.807) is 0 Å². The van der Waals surface area contributed by atoms with E-state index in [2.05, 4.69) is 12.8 Å². The highest BCUT2D eigenvalue weighted by molar-refractivity contribution is 7.82. The second kappa shape index (κ2) is 3.21. The van der Waals surface area contributed by atoms with Crippen LogP contribution in [0.2, 0.25) is 0 Å². The molecule has 1 aliphatic heterocycles. The fourth-order valence-corrected chi connectivity index (χ4v) is 2.02.